The molecule has 0 radical (unpaired) electrons. The number of primary amides is 1. The first-order chi connectivity index (χ1) is 6.58. The van der Waals surface area contributed by atoms with Crippen molar-refractivity contribution in [2.24, 2.45) is 5.73 Å². The summed E-state index contributed by atoms with van der Waals surface area (Å²) in [6.45, 7) is 3.91. The number of carbonyl (C=O) groups excluding carboxylic acids is 1. The Balaban J connectivity index is 2.72. The lowest BCUT2D eigenvalue weighted by Gasteiger charge is -1.99. The number of fused-ring (bicyclic) bond motifs is 1. The molecule has 4 nitrogen and oxygen atoms in total. The fraction of sp³-hybridized carbons (Fsp3) is 0.200. The zero-order valence-electron chi connectivity index (χ0n) is 8.11. The van der Waals surface area contributed by atoms with Crippen LogP contribution < -0.4 is 5.73 Å². The zero-order chi connectivity index (χ0) is 10.3. The topological polar surface area (TPSA) is 60.4 Å². The molecule has 0 aliphatic carbocycles. The molecule has 72 valence electrons. The Labute approximate surface area is 81.3 Å². The van der Waals surface area contributed by atoms with E-state index in [1.807, 2.05) is 19.9 Å². The van der Waals surface area contributed by atoms with Gasteiger partial charge in [-0.2, -0.15) is 5.10 Å². The minimum absolute atomic E-state index is 0.425. The molecule has 0 aromatic carbocycles. The lowest BCUT2D eigenvalue weighted by Crippen LogP contribution is -2.09. The number of nitrogens with two attached hydrogens (primary N) is 1. The molecule has 0 bridgehead atoms. The van der Waals surface area contributed by atoms with Gasteiger partial charge in [0.15, 0.2) is 0 Å². The van der Waals surface area contributed by atoms with Gasteiger partial charge in [0.1, 0.15) is 0 Å². The quantitative estimate of drug-likeness (QED) is 0.728. The van der Waals surface area contributed by atoms with Crippen LogP contribution >= 0.6 is 0 Å². The number of carbonyl (C=O) groups is 1. The molecule has 1 amide bonds. The second-order valence-electron chi connectivity index (χ2n) is 3.38. The van der Waals surface area contributed by atoms with Gasteiger partial charge in [0.05, 0.1) is 16.8 Å². The third-order valence-corrected chi connectivity index (χ3v) is 2.31. The van der Waals surface area contributed by atoms with Crippen LogP contribution in [-0.4, -0.2) is 15.5 Å². The maximum Gasteiger partial charge on any atom is 0.250 e. The lowest BCUT2D eigenvalue weighted by atomic mass is 10.2. The van der Waals surface area contributed by atoms with E-state index in [0.29, 0.717) is 5.56 Å². The van der Waals surface area contributed by atoms with E-state index in [9.17, 15) is 4.79 Å². The Hall–Kier alpha value is -1.84. The number of nitrogens with zero attached hydrogens (tertiary/aromatic N) is 2. The maximum absolute atomic E-state index is 10.9. The van der Waals surface area contributed by atoms with Gasteiger partial charge in [-0.05, 0) is 31.5 Å². The van der Waals surface area contributed by atoms with Gasteiger partial charge >= 0.3 is 0 Å². The van der Waals surface area contributed by atoms with Crippen molar-refractivity contribution in [2.75, 3.05) is 0 Å². The molecule has 2 aromatic heterocycles. The fourth-order valence-electron chi connectivity index (χ4n) is 1.36. The molecule has 0 unspecified atom stereocenters. The molecule has 0 spiro atoms. The van der Waals surface area contributed by atoms with Gasteiger partial charge in [0.2, 0.25) is 5.91 Å². The van der Waals surface area contributed by atoms with Gasteiger partial charge in [0.25, 0.3) is 0 Å². The van der Waals surface area contributed by atoms with E-state index in [0.717, 1.165) is 16.8 Å². The van der Waals surface area contributed by atoms with Crippen LogP contribution in [0.5, 0.6) is 0 Å². The van der Waals surface area contributed by atoms with Crippen molar-refractivity contribution in [2.45, 2.75) is 13.8 Å². The minimum Gasteiger partial charge on any atom is -0.366 e. The molecule has 0 aliphatic heterocycles. The van der Waals surface area contributed by atoms with E-state index >= 15 is 0 Å². The highest BCUT2D eigenvalue weighted by molar-refractivity contribution is 5.94. The summed E-state index contributed by atoms with van der Waals surface area (Å²) in [6.07, 6.45) is 1.64. The van der Waals surface area contributed by atoms with Crippen LogP contribution in [0.2, 0.25) is 0 Å². The fourth-order valence-corrected chi connectivity index (χ4v) is 1.36. The van der Waals surface area contributed by atoms with Crippen LogP contribution in [0.4, 0.5) is 0 Å². The summed E-state index contributed by atoms with van der Waals surface area (Å²) in [6, 6.07) is 3.72. The summed E-state index contributed by atoms with van der Waals surface area (Å²) in [4.78, 5) is 10.9. The zero-order valence-corrected chi connectivity index (χ0v) is 8.11. The van der Waals surface area contributed by atoms with E-state index < -0.39 is 5.91 Å². The van der Waals surface area contributed by atoms with Crippen LogP contribution in [0.3, 0.4) is 0 Å². The molecule has 2 rings (SSSR count). The Kier molecular flexibility index (Phi) is 1.77. The summed E-state index contributed by atoms with van der Waals surface area (Å²) in [5, 5.41) is 4.29. The monoisotopic (exact) mass is 189 g/mol. The average Bonchev–Trinajstić information content (AvgIpc) is 2.48. The lowest BCUT2D eigenvalue weighted by molar-refractivity contribution is 0.100. The van der Waals surface area contributed by atoms with Crippen molar-refractivity contribution in [3.63, 3.8) is 0 Å². The molecule has 2 N–H and O–H groups in total. The number of rotatable bonds is 1. The molecular formula is C10H11N3O. The molecule has 0 saturated heterocycles. The molecule has 2 heterocycles. The van der Waals surface area contributed by atoms with E-state index in [1.165, 1.54) is 0 Å². The smallest absolute Gasteiger partial charge is 0.250 e. The second-order valence-corrected chi connectivity index (χ2v) is 3.38. The largest absolute Gasteiger partial charge is 0.366 e. The highest BCUT2D eigenvalue weighted by Crippen LogP contribution is 2.12. The van der Waals surface area contributed by atoms with Crippen molar-refractivity contribution in [1.29, 1.82) is 0 Å². The van der Waals surface area contributed by atoms with Crippen molar-refractivity contribution in [3.8, 4) is 0 Å². The van der Waals surface area contributed by atoms with Crippen LogP contribution in [0.1, 0.15) is 21.6 Å². The van der Waals surface area contributed by atoms with E-state index in [4.69, 9.17) is 5.73 Å². The summed E-state index contributed by atoms with van der Waals surface area (Å²) >= 11 is 0. The summed E-state index contributed by atoms with van der Waals surface area (Å²) in [5.74, 6) is -0.425. The number of aromatic nitrogens is 2. The Morgan fingerprint density at radius 2 is 2.14 bits per heavy atom. The molecular weight excluding hydrogens is 178 g/mol. The SMILES string of the molecule is Cc1cc2cc(C(N)=O)cn2nc1C. The Morgan fingerprint density at radius 3 is 2.79 bits per heavy atom. The predicted molar refractivity (Wildman–Crippen MR) is 53.2 cm³/mol. The highest BCUT2D eigenvalue weighted by Gasteiger charge is 2.06. The molecule has 0 atom stereocenters. The van der Waals surface area contributed by atoms with E-state index in [2.05, 4.69) is 5.10 Å². The van der Waals surface area contributed by atoms with Crippen molar-refractivity contribution in [1.82, 2.24) is 9.61 Å². The van der Waals surface area contributed by atoms with Crippen molar-refractivity contribution < 1.29 is 4.79 Å². The molecule has 0 saturated carbocycles. The van der Waals surface area contributed by atoms with Gasteiger partial charge in [-0.25, -0.2) is 4.52 Å². The van der Waals surface area contributed by atoms with Crippen LogP contribution in [0.25, 0.3) is 5.52 Å². The van der Waals surface area contributed by atoms with Gasteiger partial charge in [-0.3, -0.25) is 4.79 Å². The number of amides is 1. The second kappa shape index (κ2) is 2.83. The summed E-state index contributed by atoms with van der Waals surface area (Å²) in [5.41, 5.74) is 8.60. The highest BCUT2D eigenvalue weighted by atomic mass is 16.1. The average molecular weight is 189 g/mol. The minimum atomic E-state index is -0.425. The summed E-state index contributed by atoms with van der Waals surface area (Å²) < 4.78 is 1.67. The first-order valence-electron chi connectivity index (χ1n) is 4.34. The third kappa shape index (κ3) is 1.25. The van der Waals surface area contributed by atoms with Crippen LogP contribution in [0, 0.1) is 13.8 Å². The van der Waals surface area contributed by atoms with Crippen molar-refractivity contribution >= 4 is 11.4 Å². The molecule has 14 heavy (non-hydrogen) atoms. The predicted octanol–water partition coefficient (Wildman–Crippen LogP) is 1.05. The first kappa shape index (κ1) is 8.74. The van der Waals surface area contributed by atoms with Gasteiger partial charge < -0.3 is 5.73 Å². The molecule has 0 fully saturated rings. The first-order valence-corrected chi connectivity index (χ1v) is 4.34. The maximum atomic E-state index is 10.9. The van der Waals surface area contributed by atoms with Gasteiger partial charge in [0, 0.05) is 6.20 Å². The number of aryl methyl sites for hydroxylation is 2. The number of hydrogen-bond acceptors (Lipinski definition) is 2. The number of hydrogen-bond donors (Lipinski definition) is 1. The van der Waals surface area contributed by atoms with Crippen LogP contribution in [-0.2, 0) is 0 Å². The Morgan fingerprint density at radius 1 is 1.43 bits per heavy atom. The van der Waals surface area contributed by atoms with E-state index in [-0.39, 0.29) is 0 Å². The third-order valence-electron chi connectivity index (χ3n) is 2.31. The Bertz CT molecular complexity index is 474. The standard InChI is InChI=1S/C10H11N3O/c1-6-3-9-4-8(10(11)14)5-13(9)12-7(6)2/h3-5H,1-2H3,(H2,11,14). The summed E-state index contributed by atoms with van der Waals surface area (Å²) in [7, 11) is 0. The van der Waals surface area contributed by atoms with Gasteiger partial charge in [-0.15, -0.1) is 0 Å². The van der Waals surface area contributed by atoms with E-state index in [1.54, 1.807) is 16.8 Å². The normalized spacial score (nSPS) is 10.7. The molecule has 4 heteroatoms. The van der Waals surface area contributed by atoms with Gasteiger partial charge in [-0.1, -0.05) is 0 Å². The van der Waals surface area contributed by atoms with Crippen LogP contribution in [0.15, 0.2) is 18.3 Å². The van der Waals surface area contributed by atoms with Crippen molar-refractivity contribution in [3.05, 3.63) is 35.2 Å². The molecule has 2 aromatic rings. The molecule has 0 aliphatic rings.